The van der Waals surface area contributed by atoms with Crippen molar-refractivity contribution >= 4 is 15.9 Å². The van der Waals surface area contributed by atoms with Crippen LogP contribution in [0.3, 0.4) is 0 Å². The molecule has 2 N–H and O–H groups in total. The first-order valence-electron chi connectivity index (χ1n) is 8.07. The smallest absolute Gasteiger partial charge is 0.120 e. The summed E-state index contributed by atoms with van der Waals surface area (Å²) in [6, 6.07) is 6.28. The molecule has 0 bridgehead atoms. The Morgan fingerprint density at radius 2 is 2.00 bits per heavy atom. The van der Waals surface area contributed by atoms with E-state index < -0.39 is 0 Å². The Morgan fingerprint density at radius 3 is 2.67 bits per heavy atom. The van der Waals surface area contributed by atoms with Crippen LogP contribution in [0.15, 0.2) is 22.7 Å². The second kappa shape index (κ2) is 8.16. The molecule has 3 nitrogen and oxygen atoms in total. The maximum absolute atomic E-state index is 10.1. The van der Waals surface area contributed by atoms with Crippen molar-refractivity contribution in [1.29, 1.82) is 0 Å². The fourth-order valence-electron chi connectivity index (χ4n) is 3.16. The van der Waals surface area contributed by atoms with Gasteiger partial charge < -0.3 is 15.3 Å². The van der Waals surface area contributed by atoms with Crippen LogP contribution in [0.5, 0.6) is 5.75 Å². The highest BCUT2D eigenvalue weighted by molar-refractivity contribution is 9.10. The Kier molecular flexibility index (Phi) is 6.52. The van der Waals surface area contributed by atoms with Crippen molar-refractivity contribution in [3.63, 3.8) is 0 Å². The average Bonchev–Trinajstić information content (AvgIpc) is 2.48. The van der Waals surface area contributed by atoms with E-state index in [2.05, 4.69) is 40.0 Å². The van der Waals surface area contributed by atoms with Gasteiger partial charge in [0.2, 0.25) is 0 Å². The summed E-state index contributed by atoms with van der Waals surface area (Å²) in [5, 5.41) is 13.8. The standard InChI is InChI=1S/C17H27BrN2O/c1-3-16(15-11-14(18)7-8-17(15)21)19-13(2)12-20-9-5-4-6-10-20/h7-8,11,13,16,19,21H,3-6,9-10,12H2,1-2H3. The van der Waals surface area contributed by atoms with Crippen LogP contribution in [-0.4, -0.2) is 35.7 Å². The molecule has 21 heavy (non-hydrogen) atoms. The summed E-state index contributed by atoms with van der Waals surface area (Å²) in [4.78, 5) is 2.55. The van der Waals surface area contributed by atoms with Gasteiger partial charge in [0.1, 0.15) is 5.75 Å². The van der Waals surface area contributed by atoms with Crippen LogP contribution in [0.4, 0.5) is 0 Å². The van der Waals surface area contributed by atoms with Gasteiger partial charge in [-0.05, 0) is 57.5 Å². The number of likely N-dealkylation sites (tertiary alicyclic amines) is 1. The molecular weight excluding hydrogens is 328 g/mol. The van der Waals surface area contributed by atoms with Crippen molar-refractivity contribution in [2.45, 2.75) is 51.6 Å². The maximum Gasteiger partial charge on any atom is 0.120 e. The Hall–Kier alpha value is -0.580. The molecule has 0 saturated carbocycles. The quantitative estimate of drug-likeness (QED) is 0.808. The molecule has 1 aliphatic rings. The second-order valence-corrected chi connectivity index (χ2v) is 7.01. The van der Waals surface area contributed by atoms with Crippen LogP contribution in [0.1, 0.15) is 51.1 Å². The molecule has 1 heterocycles. The fourth-order valence-corrected chi connectivity index (χ4v) is 3.54. The van der Waals surface area contributed by atoms with Crippen molar-refractivity contribution in [2.24, 2.45) is 0 Å². The second-order valence-electron chi connectivity index (χ2n) is 6.09. The minimum absolute atomic E-state index is 0.197. The van der Waals surface area contributed by atoms with Gasteiger partial charge in [-0.15, -0.1) is 0 Å². The van der Waals surface area contributed by atoms with E-state index >= 15 is 0 Å². The van der Waals surface area contributed by atoms with Crippen LogP contribution in [0, 0.1) is 0 Å². The number of nitrogens with one attached hydrogen (secondary N) is 1. The van der Waals surface area contributed by atoms with Gasteiger partial charge >= 0.3 is 0 Å². The molecule has 0 aromatic heterocycles. The number of hydrogen-bond acceptors (Lipinski definition) is 3. The Balaban J connectivity index is 1.96. The Bertz CT molecular complexity index is 446. The molecule has 118 valence electrons. The number of hydrogen-bond donors (Lipinski definition) is 2. The van der Waals surface area contributed by atoms with E-state index in [9.17, 15) is 5.11 Å². The summed E-state index contributed by atoms with van der Waals surface area (Å²) in [6.45, 7) is 7.94. The summed E-state index contributed by atoms with van der Waals surface area (Å²) < 4.78 is 1.01. The summed E-state index contributed by atoms with van der Waals surface area (Å²) in [5.41, 5.74) is 0.984. The van der Waals surface area contributed by atoms with E-state index in [-0.39, 0.29) is 6.04 Å². The predicted octanol–water partition coefficient (Wildman–Crippen LogP) is 4.07. The highest BCUT2D eigenvalue weighted by atomic mass is 79.9. The Morgan fingerprint density at radius 1 is 1.29 bits per heavy atom. The van der Waals surface area contributed by atoms with E-state index in [0.29, 0.717) is 11.8 Å². The van der Waals surface area contributed by atoms with Gasteiger partial charge in [-0.2, -0.15) is 0 Å². The highest BCUT2D eigenvalue weighted by Crippen LogP contribution is 2.29. The van der Waals surface area contributed by atoms with Crippen LogP contribution in [0.2, 0.25) is 0 Å². The predicted molar refractivity (Wildman–Crippen MR) is 91.7 cm³/mol. The molecule has 1 aliphatic heterocycles. The number of benzene rings is 1. The normalized spacial score (nSPS) is 19.4. The lowest BCUT2D eigenvalue weighted by molar-refractivity contribution is 0.203. The lowest BCUT2D eigenvalue weighted by atomic mass is 10.0. The molecular formula is C17H27BrN2O. The lowest BCUT2D eigenvalue weighted by Gasteiger charge is -2.31. The van der Waals surface area contributed by atoms with Gasteiger partial charge in [0, 0.05) is 28.7 Å². The summed E-state index contributed by atoms with van der Waals surface area (Å²) in [7, 11) is 0. The number of aromatic hydroxyl groups is 1. The molecule has 1 aromatic carbocycles. The van der Waals surface area contributed by atoms with E-state index in [1.165, 1.54) is 32.4 Å². The number of halogens is 1. The molecule has 4 heteroatoms. The molecule has 1 saturated heterocycles. The minimum atomic E-state index is 0.197. The van der Waals surface area contributed by atoms with Gasteiger partial charge in [0.15, 0.2) is 0 Å². The average molecular weight is 355 g/mol. The first-order chi connectivity index (χ1) is 10.1. The first kappa shape index (κ1) is 16.8. The van der Waals surface area contributed by atoms with E-state index in [0.717, 1.165) is 23.0 Å². The molecule has 2 rings (SSSR count). The number of nitrogens with zero attached hydrogens (tertiary/aromatic N) is 1. The summed E-state index contributed by atoms with van der Waals surface area (Å²) in [5.74, 6) is 0.378. The van der Waals surface area contributed by atoms with Crippen molar-refractivity contribution in [3.05, 3.63) is 28.2 Å². The van der Waals surface area contributed by atoms with E-state index in [4.69, 9.17) is 0 Å². The van der Waals surface area contributed by atoms with Gasteiger partial charge in [0.05, 0.1) is 0 Å². The van der Waals surface area contributed by atoms with Gasteiger partial charge in [-0.25, -0.2) is 0 Å². The third-order valence-electron chi connectivity index (χ3n) is 4.24. The van der Waals surface area contributed by atoms with Crippen molar-refractivity contribution in [2.75, 3.05) is 19.6 Å². The molecule has 2 unspecified atom stereocenters. The number of phenols is 1. The number of phenolic OH excluding ortho intramolecular Hbond substituents is 1. The first-order valence-corrected chi connectivity index (χ1v) is 8.86. The topological polar surface area (TPSA) is 35.5 Å². The molecule has 1 aromatic rings. The highest BCUT2D eigenvalue weighted by Gasteiger charge is 2.19. The van der Waals surface area contributed by atoms with Crippen molar-refractivity contribution < 1.29 is 5.11 Å². The molecule has 0 spiro atoms. The van der Waals surface area contributed by atoms with Gasteiger partial charge in [-0.1, -0.05) is 29.3 Å². The zero-order valence-corrected chi connectivity index (χ0v) is 14.7. The van der Waals surface area contributed by atoms with Gasteiger partial charge in [-0.3, -0.25) is 0 Å². The largest absolute Gasteiger partial charge is 0.508 e. The van der Waals surface area contributed by atoms with Crippen LogP contribution >= 0.6 is 15.9 Å². The van der Waals surface area contributed by atoms with Gasteiger partial charge in [0.25, 0.3) is 0 Å². The number of rotatable bonds is 6. The molecule has 2 atom stereocenters. The van der Waals surface area contributed by atoms with Crippen LogP contribution < -0.4 is 5.32 Å². The molecule has 0 radical (unpaired) electrons. The summed E-state index contributed by atoms with van der Waals surface area (Å²) >= 11 is 3.49. The third-order valence-corrected chi connectivity index (χ3v) is 4.73. The molecule has 0 aliphatic carbocycles. The molecule has 0 amide bonds. The lowest BCUT2D eigenvalue weighted by Crippen LogP contribution is -2.42. The SMILES string of the molecule is CCC(NC(C)CN1CCCCC1)c1cc(Br)ccc1O. The monoisotopic (exact) mass is 354 g/mol. The maximum atomic E-state index is 10.1. The zero-order chi connectivity index (χ0) is 15.2. The van der Waals surface area contributed by atoms with Crippen LogP contribution in [-0.2, 0) is 0 Å². The van der Waals surface area contributed by atoms with E-state index in [1.807, 2.05) is 12.1 Å². The summed E-state index contributed by atoms with van der Waals surface area (Å²) in [6.07, 6.45) is 5.00. The zero-order valence-electron chi connectivity index (χ0n) is 13.1. The fraction of sp³-hybridized carbons (Fsp3) is 0.647. The van der Waals surface area contributed by atoms with E-state index in [1.54, 1.807) is 6.07 Å². The van der Waals surface area contributed by atoms with Crippen molar-refractivity contribution in [3.8, 4) is 5.75 Å². The van der Waals surface area contributed by atoms with Crippen molar-refractivity contribution in [1.82, 2.24) is 10.2 Å². The molecule has 1 fully saturated rings. The van der Waals surface area contributed by atoms with Crippen LogP contribution in [0.25, 0.3) is 0 Å². The third kappa shape index (κ3) is 4.97. The Labute approximate surface area is 136 Å². The minimum Gasteiger partial charge on any atom is -0.508 e. The number of piperidine rings is 1.